The highest BCUT2D eigenvalue weighted by atomic mass is 127. The van der Waals surface area contributed by atoms with Crippen LogP contribution in [-0.2, 0) is 13.0 Å². The summed E-state index contributed by atoms with van der Waals surface area (Å²) >= 11 is 3.43. The van der Waals surface area contributed by atoms with Crippen LogP contribution in [0.25, 0.3) is 4.96 Å². The summed E-state index contributed by atoms with van der Waals surface area (Å²) in [6, 6.07) is 4.25. The molecular formula is C15H20IN5S2. The molecule has 8 heteroatoms. The van der Waals surface area contributed by atoms with Crippen LogP contribution >= 0.6 is 46.7 Å². The van der Waals surface area contributed by atoms with Gasteiger partial charge < -0.3 is 10.6 Å². The molecule has 0 amide bonds. The van der Waals surface area contributed by atoms with Gasteiger partial charge in [-0.1, -0.05) is 6.07 Å². The van der Waals surface area contributed by atoms with Crippen LogP contribution in [0.1, 0.15) is 17.5 Å². The Morgan fingerprint density at radius 3 is 2.96 bits per heavy atom. The summed E-state index contributed by atoms with van der Waals surface area (Å²) in [6.45, 7) is 4.39. The van der Waals surface area contributed by atoms with Crippen LogP contribution in [0.4, 0.5) is 0 Å². The quantitative estimate of drug-likeness (QED) is 0.336. The number of rotatable bonds is 6. The van der Waals surface area contributed by atoms with E-state index in [0.717, 1.165) is 36.1 Å². The van der Waals surface area contributed by atoms with Crippen LogP contribution < -0.4 is 10.6 Å². The topological polar surface area (TPSA) is 53.7 Å². The Labute approximate surface area is 160 Å². The second kappa shape index (κ2) is 9.24. The highest BCUT2D eigenvalue weighted by molar-refractivity contribution is 14.0. The molecule has 3 aromatic rings. The number of hydrogen-bond acceptors (Lipinski definition) is 4. The zero-order valence-electron chi connectivity index (χ0n) is 12.9. The average Bonchev–Trinajstić information content (AvgIpc) is 3.21. The summed E-state index contributed by atoms with van der Waals surface area (Å²) in [5, 5.41) is 10.8. The predicted molar refractivity (Wildman–Crippen MR) is 109 cm³/mol. The van der Waals surface area contributed by atoms with E-state index in [1.165, 1.54) is 4.88 Å². The summed E-state index contributed by atoms with van der Waals surface area (Å²) in [5.74, 6) is 0.843. The summed E-state index contributed by atoms with van der Waals surface area (Å²) in [6.07, 6.45) is 5.07. The van der Waals surface area contributed by atoms with E-state index >= 15 is 0 Å². The lowest BCUT2D eigenvalue weighted by Gasteiger charge is -2.10. The van der Waals surface area contributed by atoms with Gasteiger partial charge in [-0.2, -0.15) is 0 Å². The molecule has 3 aromatic heterocycles. The zero-order chi connectivity index (χ0) is 15.2. The van der Waals surface area contributed by atoms with E-state index in [0.29, 0.717) is 6.54 Å². The lowest BCUT2D eigenvalue weighted by molar-refractivity contribution is 0.802. The average molecular weight is 461 g/mol. The van der Waals surface area contributed by atoms with E-state index in [9.17, 15) is 0 Å². The minimum absolute atomic E-state index is 0. The van der Waals surface area contributed by atoms with E-state index in [-0.39, 0.29) is 24.0 Å². The van der Waals surface area contributed by atoms with Crippen molar-refractivity contribution in [3.8, 4) is 0 Å². The normalized spacial score (nSPS) is 11.4. The van der Waals surface area contributed by atoms with Gasteiger partial charge in [-0.15, -0.1) is 46.7 Å². The second-order valence-electron chi connectivity index (χ2n) is 4.78. The molecular weight excluding hydrogens is 441 g/mol. The van der Waals surface area contributed by atoms with Crippen molar-refractivity contribution in [1.29, 1.82) is 0 Å². The van der Waals surface area contributed by atoms with E-state index in [1.54, 1.807) is 22.7 Å². The Kier molecular flexibility index (Phi) is 7.31. The number of guanidine groups is 1. The summed E-state index contributed by atoms with van der Waals surface area (Å²) in [4.78, 5) is 11.6. The Bertz CT molecular complexity index is 704. The van der Waals surface area contributed by atoms with Crippen molar-refractivity contribution >= 4 is 57.6 Å². The Hall–Kier alpha value is -1.13. The summed E-state index contributed by atoms with van der Waals surface area (Å²) in [5.41, 5.74) is 0.988. The molecule has 124 valence electrons. The molecule has 0 bridgehead atoms. The fourth-order valence-electron chi connectivity index (χ4n) is 2.11. The van der Waals surface area contributed by atoms with Gasteiger partial charge in [0.25, 0.3) is 0 Å². The minimum Gasteiger partial charge on any atom is -0.357 e. The van der Waals surface area contributed by atoms with Gasteiger partial charge >= 0.3 is 0 Å². The highest BCUT2D eigenvalue weighted by Gasteiger charge is 2.03. The Balaban J connectivity index is 0.00000192. The molecule has 0 radical (unpaired) electrons. The van der Waals surface area contributed by atoms with Crippen molar-refractivity contribution in [3.05, 3.63) is 45.9 Å². The van der Waals surface area contributed by atoms with Gasteiger partial charge in [0.05, 0.1) is 12.2 Å². The van der Waals surface area contributed by atoms with Crippen molar-refractivity contribution in [2.45, 2.75) is 19.9 Å². The number of aromatic nitrogens is 2. The van der Waals surface area contributed by atoms with Crippen LogP contribution in [0, 0.1) is 0 Å². The third kappa shape index (κ3) is 5.18. The molecule has 0 aromatic carbocycles. The van der Waals surface area contributed by atoms with Crippen LogP contribution in [0.3, 0.4) is 0 Å². The van der Waals surface area contributed by atoms with Crippen molar-refractivity contribution < 1.29 is 0 Å². The first kappa shape index (κ1) is 18.2. The van der Waals surface area contributed by atoms with Crippen LogP contribution in [0.15, 0.2) is 40.3 Å². The Morgan fingerprint density at radius 1 is 1.30 bits per heavy atom. The number of fused-ring (bicyclic) bond motifs is 1. The van der Waals surface area contributed by atoms with Gasteiger partial charge in [-0.25, -0.2) is 9.98 Å². The van der Waals surface area contributed by atoms with Crippen LogP contribution in [0.2, 0.25) is 0 Å². The fourth-order valence-corrected chi connectivity index (χ4v) is 3.54. The second-order valence-corrected chi connectivity index (χ2v) is 6.68. The molecule has 23 heavy (non-hydrogen) atoms. The molecule has 3 heterocycles. The highest BCUT2D eigenvalue weighted by Crippen LogP contribution is 2.12. The summed E-state index contributed by atoms with van der Waals surface area (Å²) < 4.78 is 2.03. The fraction of sp³-hybridized carbons (Fsp3) is 0.333. The van der Waals surface area contributed by atoms with Gasteiger partial charge in [0.15, 0.2) is 10.9 Å². The number of hydrogen-bond donors (Lipinski definition) is 2. The van der Waals surface area contributed by atoms with Gasteiger partial charge in [0.2, 0.25) is 0 Å². The third-order valence-electron chi connectivity index (χ3n) is 3.13. The standard InChI is InChI=1S/C15H19N5S2.HI/c1-2-16-14(17-6-5-13-4-3-8-21-13)18-10-12-11-20-7-9-22-15(20)19-12;/h3-4,7-9,11H,2,5-6,10H2,1H3,(H2,16,17,18);1H. The largest absolute Gasteiger partial charge is 0.357 e. The zero-order valence-corrected chi connectivity index (χ0v) is 16.8. The molecule has 0 aliphatic heterocycles. The van der Waals surface area contributed by atoms with Gasteiger partial charge in [0, 0.05) is 35.7 Å². The monoisotopic (exact) mass is 461 g/mol. The van der Waals surface area contributed by atoms with Crippen molar-refractivity contribution in [3.63, 3.8) is 0 Å². The molecule has 0 fully saturated rings. The molecule has 2 N–H and O–H groups in total. The molecule has 0 atom stereocenters. The maximum Gasteiger partial charge on any atom is 0.193 e. The van der Waals surface area contributed by atoms with E-state index < -0.39 is 0 Å². The lowest BCUT2D eigenvalue weighted by Crippen LogP contribution is -2.38. The molecule has 0 saturated carbocycles. The summed E-state index contributed by atoms with van der Waals surface area (Å²) in [7, 11) is 0. The van der Waals surface area contributed by atoms with Crippen molar-refractivity contribution in [2.75, 3.05) is 13.1 Å². The first-order valence-electron chi connectivity index (χ1n) is 7.31. The van der Waals surface area contributed by atoms with Crippen LogP contribution in [-0.4, -0.2) is 28.4 Å². The van der Waals surface area contributed by atoms with Crippen LogP contribution in [0.5, 0.6) is 0 Å². The minimum atomic E-state index is 0. The lowest BCUT2D eigenvalue weighted by atomic mass is 10.3. The molecule has 5 nitrogen and oxygen atoms in total. The van der Waals surface area contributed by atoms with E-state index in [2.05, 4.69) is 45.0 Å². The molecule has 0 aliphatic rings. The smallest absolute Gasteiger partial charge is 0.193 e. The maximum atomic E-state index is 4.60. The van der Waals surface area contributed by atoms with E-state index in [1.807, 2.05) is 22.2 Å². The SMILES string of the molecule is CCNC(=NCc1cn2ccsc2n1)NCCc1cccs1.I. The Morgan fingerprint density at radius 2 is 2.22 bits per heavy atom. The first-order valence-corrected chi connectivity index (χ1v) is 9.06. The molecule has 0 saturated heterocycles. The number of thiazole rings is 1. The predicted octanol–water partition coefficient (Wildman–Crippen LogP) is 3.37. The molecule has 0 unspecified atom stereocenters. The number of thiophene rings is 1. The molecule has 3 rings (SSSR count). The van der Waals surface area contributed by atoms with E-state index in [4.69, 9.17) is 0 Å². The number of aliphatic imine (C=N–C) groups is 1. The van der Waals surface area contributed by atoms with Gasteiger partial charge in [-0.3, -0.25) is 4.40 Å². The first-order chi connectivity index (χ1) is 10.8. The maximum absolute atomic E-state index is 4.60. The molecule has 0 aliphatic carbocycles. The molecule has 0 spiro atoms. The van der Waals surface area contributed by atoms with Gasteiger partial charge in [-0.05, 0) is 24.8 Å². The van der Waals surface area contributed by atoms with Crippen molar-refractivity contribution in [2.24, 2.45) is 4.99 Å². The third-order valence-corrected chi connectivity index (χ3v) is 4.84. The number of imidazole rings is 1. The number of nitrogens with zero attached hydrogens (tertiary/aromatic N) is 3. The number of halogens is 1. The van der Waals surface area contributed by atoms with Crippen molar-refractivity contribution in [1.82, 2.24) is 20.0 Å². The van der Waals surface area contributed by atoms with Gasteiger partial charge in [0.1, 0.15) is 0 Å². The number of nitrogens with one attached hydrogen (secondary N) is 2.